The third kappa shape index (κ3) is 7.46. The average Bonchev–Trinajstić information content (AvgIpc) is 2.50. The highest BCUT2D eigenvalue weighted by Crippen LogP contribution is 2.13. The van der Waals surface area contributed by atoms with Crippen molar-refractivity contribution in [2.75, 3.05) is 13.6 Å². The Kier molecular flexibility index (Phi) is 7.49. The molecular formula is C18H27NO3S. The molecule has 1 aromatic rings. The van der Waals surface area contributed by atoms with Gasteiger partial charge in [0.15, 0.2) is 5.05 Å². The van der Waals surface area contributed by atoms with Crippen molar-refractivity contribution in [2.45, 2.75) is 52.2 Å². The number of ether oxygens (including phenoxy) is 2. The van der Waals surface area contributed by atoms with Crippen molar-refractivity contribution < 1.29 is 14.3 Å². The van der Waals surface area contributed by atoms with Gasteiger partial charge in [-0.1, -0.05) is 37.3 Å². The normalized spacial score (nSPS) is 12.4. The van der Waals surface area contributed by atoms with Gasteiger partial charge in [0.1, 0.15) is 11.7 Å². The van der Waals surface area contributed by atoms with Crippen LogP contribution in [0.5, 0.6) is 0 Å². The molecule has 0 fully saturated rings. The van der Waals surface area contributed by atoms with E-state index in [1.165, 1.54) is 0 Å². The van der Waals surface area contributed by atoms with Gasteiger partial charge in [0.05, 0.1) is 0 Å². The van der Waals surface area contributed by atoms with Gasteiger partial charge in [-0.05, 0) is 39.4 Å². The summed E-state index contributed by atoms with van der Waals surface area (Å²) in [6.45, 7) is 8.18. The second-order valence-electron chi connectivity index (χ2n) is 6.49. The van der Waals surface area contributed by atoms with Crippen molar-refractivity contribution >= 4 is 23.4 Å². The molecule has 1 aromatic carbocycles. The first-order valence-corrected chi connectivity index (χ1v) is 8.34. The second kappa shape index (κ2) is 8.87. The van der Waals surface area contributed by atoms with Crippen LogP contribution >= 0.6 is 12.2 Å². The van der Waals surface area contributed by atoms with Crippen LogP contribution in [-0.2, 0) is 9.47 Å². The molecule has 0 saturated heterocycles. The van der Waals surface area contributed by atoms with Gasteiger partial charge in [-0.3, -0.25) is 0 Å². The zero-order valence-electron chi connectivity index (χ0n) is 14.7. The lowest BCUT2D eigenvalue weighted by molar-refractivity contribution is 0.0277. The Hall–Kier alpha value is -1.62. The summed E-state index contributed by atoms with van der Waals surface area (Å²) in [5, 5.41) is 0.498. The molecule has 0 radical (unpaired) electrons. The van der Waals surface area contributed by atoms with Crippen LogP contribution in [0, 0.1) is 0 Å². The van der Waals surface area contributed by atoms with Crippen molar-refractivity contribution in [1.29, 1.82) is 0 Å². The number of thiocarbonyl (C=S) groups is 1. The van der Waals surface area contributed by atoms with Crippen LogP contribution in [0.15, 0.2) is 30.3 Å². The van der Waals surface area contributed by atoms with E-state index in [9.17, 15) is 4.79 Å². The summed E-state index contributed by atoms with van der Waals surface area (Å²) in [5.41, 5.74) is 0.419. The highest BCUT2D eigenvalue weighted by Gasteiger charge is 2.20. The molecule has 1 amide bonds. The Balaban J connectivity index is 2.47. The zero-order chi connectivity index (χ0) is 17.5. The Morgan fingerprint density at radius 2 is 1.87 bits per heavy atom. The topological polar surface area (TPSA) is 38.8 Å². The van der Waals surface area contributed by atoms with Crippen LogP contribution in [0.2, 0.25) is 0 Å². The quantitative estimate of drug-likeness (QED) is 0.721. The molecule has 0 aliphatic rings. The van der Waals surface area contributed by atoms with E-state index < -0.39 is 5.60 Å². The summed E-state index contributed by atoms with van der Waals surface area (Å²) < 4.78 is 11.2. The minimum atomic E-state index is -0.485. The Morgan fingerprint density at radius 1 is 1.26 bits per heavy atom. The molecular weight excluding hydrogens is 310 g/mol. The van der Waals surface area contributed by atoms with Crippen molar-refractivity contribution in [3.05, 3.63) is 35.9 Å². The molecule has 0 spiro atoms. The minimum absolute atomic E-state index is 0.0207. The lowest BCUT2D eigenvalue weighted by Gasteiger charge is -2.26. The number of benzene rings is 1. The van der Waals surface area contributed by atoms with Crippen LogP contribution in [0.3, 0.4) is 0 Å². The Morgan fingerprint density at radius 3 is 2.39 bits per heavy atom. The zero-order valence-corrected chi connectivity index (χ0v) is 15.5. The monoisotopic (exact) mass is 337 g/mol. The first-order valence-electron chi connectivity index (χ1n) is 7.93. The van der Waals surface area contributed by atoms with Crippen LogP contribution < -0.4 is 0 Å². The summed E-state index contributed by atoms with van der Waals surface area (Å²) in [6, 6.07) is 9.67. The van der Waals surface area contributed by atoms with Gasteiger partial charge in [0, 0.05) is 25.6 Å². The summed E-state index contributed by atoms with van der Waals surface area (Å²) in [7, 11) is 1.73. The maximum Gasteiger partial charge on any atom is 0.410 e. The molecule has 4 nitrogen and oxygen atoms in total. The van der Waals surface area contributed by atoms with E-state index in [4.69, 9.17) is 21.7 Å². The van der Waals surface area contributed by atoms with Crippen molar-refractivity contribution in [3.8, 4) is 0 Å². The smallest absolute Gasteiger partial charge is 0.410 e. The SMILES string of the molecule is CCC(CCN(C)C(=O)OC(C)(C)C)OC(=S)c1ccccc1. The van der Waals surface area contributed by atoms with Gasteiger partial charge in [-0.2, -0.15) is 0 Å². The number of hydrogen-bond acceptors (Lipinski definition) is 4. The first kappa shape index (κ1) is 19.4. The number of hydrogen-bond donors (Lipinski definition) is 0. The molecule has 0 aliphatic heterocycles. The molecule has 5 heteroatoms. The fraction of sp³-hybridized carbons (Fsp3) is 0.556. The maximum absolute atomic E-state index is 11.9. The molecule has 0 aliphatic carbocycles. The molecule has 0 bridgehead atoms. The van der Waals surface area contributed by atoms with E-state index in [2.05, 4.69) is 0 Å². The molecule has 23 heavy (non-hydrogen) atoms. The van der Waals surface area contributed by atoms with Crippen molar-refractivity contribution in [2.24, 2.45) is 0 Å². The summed E-state index contributed by atoms with van der Waals surface area (Å²) in [4.78, 5) is 13.5. The molecule has 0 heterocycles. The van der Waals surface area contributed by atoms with Crippen LogP contribution in [0.25, 0.3) is 0 Å². The second-order valence-corrected chi connectivity index (χ2v) is 6.86. The van der Waals surface area contributed by atoms with Gasteiger partial charge >= 0.3 is 6.09 Å². The summed E-state index contributed by atoms with van der Waals surface area (Å²) >= 11 is 5.34. The van der Waals surface area contributed by atoms with Gasteiger partial charge in [-0.15, -0.1) is 0 Å². The van der Waals surface area contributed by atoms with E-state index in [-0.39, 0.29) is 12.2 Å². The molecule has 128 valence electrons. The van der Waals surface area contributed by atoms with E-state index in [1.807, 2.05) is 58.0 Å². The molecule has 1 rings (SSSR count). The molecule has 0 N–H and O–H groups in total. The summed E-state index contributed by atoms with van der Waals surface area (Å²) in [5.74, 6) is 0. The lowest BCUT2D eigenvalue weighted by Crippen LogP contribution is -2.36. The number of rotatable bonds is 6. The van der Waals surface area contributed by atoms with E-state index in [1.54, 1.807) is 11.9 Å². The van der Waals surface area contributed by atoms with Crippen molar-refractivity contribution in [3.63, 3.8) is 0 Å². The van der Waals surface area contributed by atoms with Gasteiger partial charge in [0.25, 0.3) is 0 Å². The fourth-order valence-corrected chi connectivity index (χ4v) is 2.18. The minimum Gasteiger partial charge on any atom is -0.480 e. The number of nitrogens with zero attached hydrogens (tertiary/aromatic N) is 1. The molecule has 0 aromatic heterocycles. The molecule has 0 saturated carbocycles. The standard InChI is InChI=1S/C18H27NO3S/c1-6-15(21-16(23)14-10-8-7-9-11-14)12-13-19(5)17(20)22-18(2,3)4/h7-11,15H,6,12-13H2,1-5H3. The number of carbonyl (C=O) groups is 1. The highest BCUT2D eigenvalue weighted by molar-refractivity contribution is 7.80. The van der Waals surface area contributed by atoms with Crippen molar-refractivity contribution in [1.82, 2.24) is 4.90 Å². The van der Waals surface area contributed by atoms with Crippen LogP contribution in [-0.4, -0.2) is 41.3 Å². The predicted octanol–water partition coefficient (Wildman–Crippen LogP) is 4.41. The fourth-order valence-electron chi connectivity index (χ4n) is 1.91. The van der Waals surface area contributed by atoms with Crippen LogP contribution in [0.4, 0.5) is 4.79 Å². The number of amides is 1. The third-order valence-electron chi connectivity index (χ3n) is 3.23. The van der Waals surface area contributed by atoms with Gasteiger partial charge in [0.2, 0.25) is 0 Å². The third-order valence-corrected chi connectivity index (χ3v) is 3.56. The molecule has 1 unspecified atom stereocenters. The van der Waals surface area contributed by atoms with Gasteiger partial charge < -0.3 is 14.4 Å². The highest BCUT2D eigenvalue weighted by atomic mass is 32.1. The predicted molar refractivity (Wildman–Crippen MR) is 96.8 cm³/mol. The summed E-state index contributed by atoms with van der Waals surface area (Å²) in [6.07, 6.45) is 1.19. The largest absolute Gasteiger partial charge is 0.480 e. The maximum atomic E-state index is 11.9. The average molecular weight is 337 g/mol. The molecule has 1 atom stereocenters. The van der Waals surface area contributed by atoms with E-state index >= 15 is 0 Å². The lowest BCUT2D eigenvalue weighted by atomic mass is 10.2. The van der Waals surface area contributed by atoms with E-state index in [0.717, 1.165) is 12.0 Å². The Bertz CT molecular complexity index is 511. The Labute approximate surface area is 144 Å². The van der Waals surface area contributed by atoms with E-state index in [0.29, 0.717) is 18.0 Å². The van der Waals surface area contributed by atoms with Crippen LogP contribution in [0.1, 0.15) is 46.1 Å². The van der Waals surface area contributed by atoms with Gasteiger partial charge in [-0.25, -0.2) is 4.79 Å². The number of carbonyl (C=O) groups excluding carboxylic acids is 1. The first-order chi connectivity index (χ1) is 10.7.